The molecule has 45 heavy (non-hydrogen) atoms. The van der Waals surface area contributed by atoms with Crippen molar-refractivity contribution >= 4 is 17.5 Å². The van der Waals surface area contributed by atoms with Crippen LogP contribution in [0.4, 0.5) is 4.39 Å². The zero-order valence-corrected chi connectivity index (χ0v) is 24.9. The van der Waals surface area contributed by atoms with Crippen LogP contribution in [0, 0.1) is 28.1 Å². The van der Waals surface area contributed by atoms with Gasteiger partial charge in [0, 0.05) is 49.0 Å². The normalized spacial score (nSPS) is 18.6. The first-order chi connectivity index (χ1) is 21.9. The van der Waals surface area contributed by atoms with Crippen molar-refractivity contribution in [3.8, 4) is 27.9 Å². The Bertz CT molecular complexity index is 1840. The standard InChI is InChI=1S/C31H29ClFN9O3/c32-25-5-7-27(41-19-34-36-37-41)29(30(25)33)21-4-6-26(42(45)18-21)28(15-22-14-24(22)31(43)38-10-2-1-3-11-38)40-17-23(16-35-40)20-8-12-39(44)13-9-20/h4-9,12-13,16-19,22,24,28H,1-3,10-11,14-15H2. The Kier molecular flexibility index (Phi) is 7.61. The summed E-state index contributed by atoms with van der Waals surface area (Å²) in [6, 6.07) is 9.19. The summed E-state index contributed by atoms with van der Waals surface area (Å²) in [4.78, 5) is 15.2. The number of benzene rings is 1. The lowest BCUT2D eigenvalue weighted by Gasteiger charge is -2.27. The van der Waals surface area contributed by atoms with E-state index in [0.29, 0.717) is 28.1 Å². The number of tetrazole rings is 1. The first kappa shape index (κ1) is 28.8. The second-order valence-corrected chi connectivity index (χ2v) is 12.0. The number of likely N-dealkylation sites (tertiary alicyclic amines) is 1. The molecule has 12 nitrogen and oxygen atoms in total. The summed E-state index contributed by atoms with van der Waals surface area (Å²) in [5.74, 6) is -0.512. The van der Waals surface area contributed by atoms with Crippen LogP contribution in [0.5, 0.6) is 0 Å². The largest absolute Gasteiger partial charge is 0.619 e. The Hall–Kier alpha value is -4.91. The molecular formula is C31H29ClFN9O3. The highest BCUT2D eigenvalue weighted by Crippen LogP contribution is 2.46. The minimum absolute atomic E-state index is 0.0814. The number of nitrogens with zero attached hydrogens (tertiary/aromatic N) is 9. The molecule has 0 bridgehead atoms. The van der Waals surface area contributed by atoms with E-state index in [9.17, 15) is 15.2 Å². The first-order valence-electron chi connectivity index (χ1n) is 14.8. The van der Waals surface area contributed by atoms with E-state index in [1.165, 1.54) is 35.7 Å². The number of carbonyl (C=O) groups excluding carboxylic acids is 1. The molecule has 1 amide bonds. The van der Waals surface area contributed by atoms with Crippen molar-refractivity contribution in [1.29, 1.82) is 0 Å². The lowest BCUT2D eigenvalue weighted by molar-refractivity contribution is -0.615. The molecule has 4 aromatic heterocycles. The number of piperidine rings is 1. The smallest absolute Gasteiger partial charge is 0.225 e. The van der Waals surface area contributed by atoms with Gasteiger partial charge in [-0.3, -0.25) is 9.48 Å². The van der Waals surface area contributed by atoms with E-state index in [1.54, 1.807) is 41.2 Å². The van der Waals surface area contributed by atoms with Gasteiger partial charge in [-0.05, 0) is 72.2 Å². The van der Waals surface area contributed by atoms with Gasteiger partial charge in [0.15, 0.2) is 24.4 Å². The van der Waals surface area contributed by atoms with Crippen molar-refractivity contribution < 1.29 is 18.6 Å². The minimum Gasteiger partial charge on any atom is -0.619 e. The Labute approximate surface area is 262 Å². The number of hydrogen-bond acceptors (Lipinski definition) is 7. The third-order valence-electron chi connectivity index (χ3n) is 8.73. The van der Waals surface area contributed by atoms with E-state index in [-0.39, 0.29) is 28.3 Å². The van der Waals surface area contributed by atoms with Crippen molar-refractivity contribution in [3.63, 3.8) is 0 Å². The number of pyridine rings is 2. The monoisotopic (exact) mass is 629 g/mol. The summed E-state index contributed by atoms with van der Waals surface area (Å²) < 4.78 is 19.9. The molecule has 1 aliphatic heterocycles. The number of amides is 1. The Morgan fingerprint density at radius 3 is 2.58 bits per heavy atom. The fraction of sp³-hybridized carbons (Fsp3) is 0.323. The molecule has 3 unspecified atom stereocenters. The van der Waals surface area contributed by atoms with E-state index in [0.717, 1.165) is 54.6 Å². The topological polar surface area (TPSA) is 136 Å². The van der Waals surface area contributed by atoms with Crippen LogP contribution in [-0.4, -0.2) is 53.9 Å². The Morgan fingerprint density at radius 2 is 1.84 bits per heavy atom. The summed E-state index contributed by atoms with van der Waals surface area (Å²) in [7, 11) is 0. The van der Waals surface area contributed by atoms with Crippen LogP contribution in [0.3, 0.4) is 0 Å². The van der Waals surface area contributed by atoms with Crippen molar-refractivity contribution in [3.05, 3.63) is 101 Å². The summed E-state index contributed by atoms with van der Waals surface area (Å²) in [6.45, 7) is 1.59. The highest BCUT2D eigenvalue weighted by Gasteiger charge is 2.47. The number of rotatable bonds is 8. The van der Waals surface area contributed by atoms with E-state index in [4.69, 9.17) is 11.6 Å². The van der Waals surface area contributed by atoms with Gasteiger partial charge >= 0.3 is 0 Å². The predicted molar refractivity (Wildman–Crippen MR) is 160 cm³/mol. The number of carbonyl (C=O) groups is 1. The van der Waals surface area contributed by atoms with Gasteiger partial charge in [0.2, 0.25) is 11.6 Å². The quantitative estimate of drug-likeness (QED) is 0.188. The molecule has 1 aromatic carbocycles. The SMILES string of the molecule is O=C(C1CC1CC(c1ccc(-c2c(-n3cnnn3)ccc(Cl)c2F)c[n+]1[O-])n1cc(-c2cc[n+]([O-])cc2)cn1)N1CCCCC1. The number of hydrogen-bond donors (Lipinski definition) is 0. The molecule has 1 saturated carbocycles. The van der Waals surface area contributed by atoms with E-state index >= 15 is 4.39 Å². The average Bonchev–Trinajstić information content (AvgIpc) is 3.39. The molecule has 2 fully saturated rings. The van der Waals surface area contributed by atoms with Gasteiger partial charge in [-0.2, -0.15) is 19.2 Å². The summed E-state index contributed by atoms with van der Waals surface area (Å²) in [6.07, 6.45) is 13.4. The second-order valence-electron chi connectivity index (χ2n) is 11.6. The zero-order valence-electron chi connectivity index (χ0n) is 24.1. The number of aromatic nitrogens is 8. The van der Waals surface area contributed by atoms with Gasteiger partial charge in [0.05, 0.1) is 28.0 Å². The van der Waals surface area contributed by atoms with Crippen molar-refractivity contribution in [2.45, 2.75) is 38.1 Å². The third-order valence-corrected chi connectivity index (χ3v) is 9.02. The van der Waals surface area contributed by atoms with Crippen LogP contribution in [0.1, 0.15) is 43.8 Å². The van der Waals surface area contributed by atoms with Gasteiger partial charge in [-0.1, -0.05) is 11.6 Å². The predicted octanol–water partition coefficient (Wildman–Crippen LogP) is 3.88. The van der Waals surface area contributed by atoms with E-state index < -0.39 is 11.9 Å². The van der Waals surface area contributed by atoms with Crippen LogP contribution in [0.2, 0.25) is 5.02 Å². The highest BCUT2D eigenvalue weighted by molar-refractivity contribution is 6.31. The molecule has 1 saturated heterocycles. The highest BCUT2D eigenvalue weighted by atomic mass is 35.5. The van der Waals surface area contributed by atoms with E-state index in [2.05, 4.69) is 20.6 Å². The molecule has 230 valence electrons. The van der Waals surface area contributed by atoms with Crippen molar-refractivity contribution in [2.24, 2.45) is 11.8 Å². The second kappa shape index (κ2) is 11.9. The Morgan fingerprint density at radius 1 is 1.04 bits per heavy atom. The average molecular weight is 630 g/mol. The lowest BCUT2D eigenvalue weighted by atomic mass is 10.0. The van der Waals surface area contributed by atoms with Gasteiger partial charge < -0.3 is 15.3 Å². The maximum Gasteiger partial charge on any atom is 0.225 e. The molecule has 1 aliphatic carbocycles. The maximum absolute atomic E-state index is 15.4. The van der Waals surface area contributed by atoms with E-state index in [1.807, 2.05) is 11.1 Å². The van der Waals surface area contributed by atoms with Crippen LogP contribution < -0.4 is 9.46 Å². The van der Waals surface area contributed by atoms with Gasteiger partial charge in [-0.25, -0.2) is 4.39 Å². The maximum atomic E-state index is 15.4. The van der Waals surface area contributed by atoms with Crippen LogP contribution >= 0.6 is 11.6 Å². The number of halogens is 2. The first-order valence-corrected chi connectivity index (χ1v) is 15.2. The molecule has 5 heterocycles. The minimum atomic E-state index is -0.704. The van der Waals surface area contributed by atoms with Crippen molar-refractivity contribution in [1.82, 2.24) is 34.9 Å². The molecular weight excluding hydrogens is 601 g/mol. The molecule has 0 N–H and O–H groups in total. The molecule has 2 aliphatic rings. The summed E-state index contributed by atoms with van der Waals surface area (Å²) >= 11 is 6.14. The zero-order chi connectivity index (χ0) is 31.1. The lowest BCUT2D eigenvalue weighted by Crippen LogP contribution is -2.37. The molecule has 3 atom stereocenters. The summed E-state index contributed by atoms with van der Waals surface area (Å²) in [5, 5.41) is 41.0. The van der Waals surface area contributed by atoms with Gasteiger partial charge in [-0.15, -0.1) is 5.10 Å². The third kappa shape index (κ3) is 5.70. The van der Waals surface area contributed by atoms with Crippen LogP contribution in [-0.2, 0) is 4.79 Å². The fourth-order valence-corrected chi connectivity index (χ4v) is 6.41. The molecule has 0 radical (unpaired) electrons. The molecule has 7 rings (SSSR count). The summed E-state index contributed by atoms with van der Waals surface area (Å²) in [5.41, 5.74) is 2.66. The van der Waals surface area contributed by atoms with Crippen LogP contribution in [0.15, 0.2) is 73.7 Å². The Balaban J connectivity index is 1.23. The van der Waals surface area contributed by atoms with Crippen LogP contribution in [0.25, 0.3) is 27.9 Å². The van der Waals surface area contributed by atoms with Crippen molar-refractivity contribution in [2.75, 3.05) is 13.1 Å². The molecule has 14 heteroatoms. The fourth-order valence-electron chi connectivity index (χ4n) is 6.25. The van der Waals surface area contributed by atoms with Gasteiger partial charge in [0.1, 0.15) is 12.4 Å². The molecule has 0 spiro atoms. The van der Waals surface area contributed by atoms with Gasteiger partial charge in [0.25, 0.3) is 0 Å². The molecule has 5 aromatic rings.